The van der Waals surface area contributed by atoms with Crippen LogP contribution in [0.3, 0.4) is 0 Å². The number of carbonyl (C=O) groups is 2. The number of para-hydroxylation sites is 2. The Morgan fingerprint density at radius 3 is 2.57 bits per heavy atom. The van der Waals surface area contributed by atoms with E-state index in [1.54, 1.807) is 24.3 Å². The van der Waals surface area contributed by atoms with Gasteiger partial charge in [0.25, 0.3) is 5.91 Å². The second kappa shape index (κ2) is 5.20. The predicted octanol–water partition coefficient (Wildman–Crippen LogP) is 3.02. The zero-order chi connectivity index (χ0) is 14.8. The van der Waals surface area contributed by atoms with E-state index in [1.807, 2.05) is 24.3 Å². The highest BCUT2D eigenvalue weighted by Crippen LogP contribution is 2.19. The number of anilines is 1. The van der Waals surface area contributed by atoms with E-state index in [9.17, 15) is 9.59 Å². The molecule has 104 valence electrons. The standard InChI is InChI=1S/C16H13N3O2/c1-10(20)11-6-2-4-8-13(11)17-16(21)15-12-7-3-5-9-14(12)18-19-15/h2-9H,1H3,(H,17,21)(H,18,19). The van der Waals surface area contributed by atoms with Gasteiger partial charge < -0.3 is 5.32 Å². The summed E-state index contributed by atoms with van der Waals surface area (Å²) >= 11 is 0. The number of carbonyl (C=O) groups excluding carboxylic acids is 2. The van der Waals surface area contributed by atoms with Gasteiger partial charge in [0.15, 0.2) is 11.5 Å². The van der Waals surface area contributed by atoms with Crippen molar-refractivity contribution >= 4 is 28.3 Å². The molecule has 0 aliphatic heterocycles. The second-order valence-corrected chi connectivity index (χ2v) is 4.67. The van der Waals surface area contributed by atoms with E-state index >= 15 is 0 Å². The quantitative estimate of drug-likeness (QED) is 0.724. The summed E-state index contributed by atoms with van der Waals surface area (Å²) in [4.78, 5) is 23.9. The maximum Gasteiger partial charge on any atom is 0.276 e. The van der Waals surface area contributed by atoms with Crippen molar-refractivity contribution in [3.63, 3.8) is 0 Å². The third kappa shape index (κ3) is 2.41. The highest BCUT2D eigenvalue weighted by molar-refractivity contribution is 6.13. The molecular formula is C16H13N3O2. The van der Waals surface area contributed by atoms with Gasteiger partial charge in [0, 0.05) is 10.9 Å². The van der Waals surface area contributed by atoms with Gasteiger partial charge in [0.2, 0.25) is 0 Å². The number of Topliss-reactive ketones (excluding diaryl/α,β-unsaturated/α-hetero) is 1. The minimum absolute atomic E-state index is 0.0993. The zero-order valence-corrected chi connectivity index (χ0v) is 11.4. The number of fused-ring (bicyclic) bond motifs is 1. The molecule has 3 rings (SSSR count). The molecule has 0 fully saturated rings. The van der Waals surface area contributed by atoms with Crippen LogP contribution in [0.1, 0.15) is 27.8 Å². The predicted molar refractivity (Wildman–Crippen MR) is 80.5 cm³/mol. The number of nitrogens with zero attached hydrogens (tertiary/aromatic N) is 1. The Balaban J connectivity index is 1.96. The van der Waals surface area contributed by atoms with Crippen molar-refractivity contribution in [3.05, 3.63) is 59.8 Å². The molecule has 0 unspecified atom stereocenters. The number of amides is 1. The number of H-pyrrole nitrogens is 1. The van der Waals surface area contributed by atoms with Crippen LogP contribution < -0.4 is 5.32 Å². The van der Waals surface area contributed by atoms with Crippen molar-refractivity contribution in [2.75, 3.05) is 5.32 Å². The van der Waals surface area contributed by atoms with E-state index in [2.05, 4.69) is 15.5 Å². The monoisotopic (exact) mass is 279 g/mol. The summed E-state index contributed by atoms with van der Waals surface area (Å²) in [5.74, 6) is -0.445. The lowest BCUT2D eigenvalue weighted by molar-refractivity contribution is 0.101. The number of benzene rings is 2. The minimum Gasteiger partial charge on any atom is -0.320 e. The average Bonchev–Trinajstić information content (AvgIpc) is 2.91. The van der Waals surface area contributed by atoms with Crippen LogP contribution in [-0.2, 0) is 0 Å². The maximum absolute atomic E-state index is 12.4. The van der Waals surface area contributed by atoms with Crippen LogP contribution in [0, 0.1) is 0 Å². The van der Waals surface area contributed by atoms with E-state index < -0.39 is 0 Å². The highest BCUT2D eigenvalue weighted by Gasteiger charge is 2.16. The Morgan fingerprint density at radius 2 is 1.76 bits per heavy atom. The molecular weight excluding hydrogens is 266 g/mol. The van der Waals surface area contributed by atoms with E-state index in [-0.39, 0.29) is 11.7 Å². The third-order valence-corrected chi connectivity index (χ3v) is 3.24. The molecule has 1 aromatic heterocycles. The van der Waals surface area contributed by atoms with Gasteiger partial charge in [-0.2, -0.15) is 5.10 Å². The van der Waals surface area contributed by atoms with Crippen molar-refractivity contribution < 1.29 is 9.59 Å². The molecule has 5 nitrogen and oxygen atoms in total. The first-order valence-corrected chi connectivity index (χ1v) is 6.51. The van der Waals surface area contributed by atoms with Crippen LogP contribution in [0.2, 0.25) is 0 Å². The summed E-state index contributed by atoms with van der Waals surface area (Å²) < 4.78 is 0. The van der Waals surface area contributed by atoms with Crippen molar-refractivity contribution in [2.45, 2.75) is 6.92 Å². The fourth-order valence-corrected chi connectivity index (χ4v) is 2.22. The van der Waals surface area contributed by atoms with Gasteiger partial charge in [0.1, 0.15) is 0 Å². The molecule has 0 aliphatic rings. The zero-order valence-electron chi connectivity index (χ0n) is 11.4. The van der Waals surface area contributed by atoms with Crippen molar-refractivity contribution in [1.82, 2.24) is 10.2 Å². The first-order valence-electron chi connectivity index (χ1n) is 6.51. The van der Waals surface area contributed by atoms with Gasteiger partial charge in [-0.3, -0.25) is 14.7 Å². The number of rotatable bonds is 3. The number of aromatic nitrogens is 2. The van der Waals surface area contributed by atoms with Crippen LogP contribution in [0.25, 0.3) is 10.9 Å². The summed E-state index contributed by atoms with van der Waals surface area (Å²) in [7, 11) is 0. The molecule has 2 aromatic carbocycles. The van der Waals surface area contributed by atoms with Crippen molar-refractivity contribution in [2.24, 2.45) is 0 Å². The first kappa shape index (κ1) is 13.1. The highest BCUT2D eigenvalue weighted by atomic mass is 16.2. The molecule has 0 radical (unpaired) electrons. The maximum atomic E-state index is 12.4. The fraction of sp³-hybridized carbons (Fsp3) is 0.0625. The molecule has 0 atom stereocenters. The molecule has 0 aliphatic carbocycles. The molecule has 5 heteroatoms. The molecule has 1 heterocycles. The van der Waals surface area contributed by atoms with E-state index in [0.29, 0.717) is 16.9 Å². The molecule has 1 amide bonds. The fourth-order valence-electron chi connectivity index (χ4n) is 2.22. The summed E-state index contributed by atoms with van der Waals surface area (Å²) in [6.45, 7) is 1.47. The Bertz CT molecular complexity index is 836. The van der Waals surface area contributed by atoms with Crippen LogP contribution in [0.5, 0.6) is 0 Å². The van der Waals surface area contributed by atoms with Gasteiger partial charge in [-0.05, 0) is 25.1 Å². The van der Waals surface area contributed by atoms with E-state index in [1.165, 1.54) is 6.92 Å². The van der Waals surface area contributed by atoms with Crippen LogP contribution in [-0.4, -0.2) is 21.9 Å². The smallest absolute Gasteiger partial charge is 0.276 e. The molecule has 0 saturated carbocycles. The first-order chi connectivity index (χ1) is 10.2. The Kier molecular flexibility index (Phi) is 3.23. The van der Waals surface area contributed by atoms with Gasteiger partial charge in [-0.15, -0.1) is 0 Å². The molecule has 2 N–H and O–H groups in total. The van der Waals surface area contributed by atoms with Gasteiger partial charge in [-0.1, -0.05) is 30.3 Å². The van der Waals surface area contributed by atoms with E-state index in [0.717, 1.165) is 10.9 Å². The van der Waals surface area contributed by atoms with Crippen LogP contribution in [0.15, 0.2) is 48.5 Å². The average molecular weight is 279 g/mol. The van der Waals surface area contributed by atoms with Crippen molar-refractivity contribution in [1.29, 1.82) is 0 Å². The summed E-state index contributed by atoms with van der Waals surface area (Å²) in [6.07, 6.45) is 0. The lowest BCUT2D eigenvalue weighted by Gasteiger charge is -2.07. The summed E-state index contributed by atoms with van der Waals surface area (Å²) in [5, 5.41) is 10.3. The summed E-state index contributed by atoms with van der Waals surface area (Å²) in [5.41, 5.74) is 2.07. The molecule has 0 saturated heterocycles. The van der Waals surface area contributed by atoms with E-state index in [4.69, 9.17) is 0 Å². The third-order valence-electron chi connectivity index (χ3n) is 3.24. The lowest BCUT2D eigenvalue weighted by atomic mass is 10.1. The van der Waals surface area contributed by atoms with Gasteiger partial charge >= 0.3 is 0 Å². The number of nitrogens with one attached hydrogen (secondary N) is 2. The molecule has 0 spiro atoms. The normalized spacial score (nSPS) is 10.5. The molecule has 3 aromatic rings. The SMILES string of the molecule is CC(=O)c1ccccc1NC(=O)c1n[nH]c2ccccc12. The largest absolute Gasteiger partial charge is 0.320 e. The Hall–Kier alpha value is -2.95. The number of aromatic amines is 1. The minimum atomic E-state index is -0.346. The Labute approximate surface area is 121 Å². The number of ketones is 1. The van der Waals surface area contributed by atoms with Crippen LogP contribution in [0.4, 0.5) is 5.69 Å². The Morgan fingerprint density at radius 1 is 1.05 bits per heavy atom. The van der Waals surface area contributed by atoms with Gasteiger partial charge in [0.05, 0.1) is 11.2 Å². The molecule has 21 heavy (non-hydrogen) atoms. The second-order valence-electron chi connectivity index (χ2n) is 4.67. The van der Waals surface area contributed by atoms with Gasteiger partial charge in [-0.25, -0.2) is 0 Å². The van der Waals surface area contributed by atoms with Crippen molar-refractivity contribution in [3.8, 4) is 0 Å². The number of hydrogen-bond acceptors (Lipinski definition) is 3. The molecule has 0 bridgehead atoms. The van der Waals surface area contributed by atoms with Crippen LogP contribution >= 0.6 is 0 Å². The summed E-state index contributed by atoms with van der Waals surface area (Å²) in [6, 6.07) is 14.3. The lowest BCUT2D eigenvalue weighted by Crippen LogP contribution is -2.15. The topological polar surface area (TPSA) is 74.8 Å². The number of hydrogen-bond donors (Lipinski definition) is 2.